The number of rotatable bonds is 7. The molecule has 1 N–H and O–H groups in total. The van der Waals surface area contributed by atoms with Crippen molar-refractivity contribution in [2.75, 3.05) is 18.9 Å². The molecule has 0 aliphatic rings. The van der Waals surface area contributed by atoms with E-state index in [1.807, 2.05) is 37.3 Å². The lowest BCUT2D eigenvalue weighted by atomic mass is 10.1. The van der Waals surface area contributed by atoms with E-state index in [0.29, 0.717) is 33.3 Å². The summed E-state index contributed by atoms with van der Waals surface area (Å²) in [5.74, 6) is 0.471. The highest BCUT2D eigenvalue weighted by Gasteiger charge is 2.27. The van der Waals surface area contributed by atoms with E-state index in [2.05, 4.69) is 5.32 Å². The number of benzene rings is 3. The maximum Gasteiger partial charge on any atom is 0.243 e. The second-order valence-corrected chi connectivity index (χ2v) is 10.0. The average Bonchev–Trinajstić information content (AvgIpc) is 2.69. The Balaban J connectivity index is 1.79. The van der Waals surface area contributed by atoms with Crippen molar-refractivity contribution in [3.05, 3.63) is 82.4 Å². The Morgan fingerprint density at radius 1 is 1.00 bits per heavy atom. The Bertz CT molecular complexity index is 1220. The van der Waals surface area contributed by atoms with Gasteiger partial charge in [0, 0.05) is 12.1 Å². The largest absolute Gasteiger partial charge is 0.455 e. The van der Waals surface area contributed by atoms with E-state index in [4.69, 9.17) is 16.3 Å². The predicted octanol–water partition coefficient (Wildman–Crippen LogP) is 5.32. The number of ether oxygens (including phenoxy) is 1. The van der Waals surface area contributed by atoms with Crippen LogP contribution in [-0.4, -0.2) is 32.2 Å². The third-order valence-electron chi connectivity index (χ3n) is 4.83. The normalized spacial score (nSPS) is 11.4. The molecule has 0 unspecified atom stereocenters. The van der Waals surface area contributed by atoms with E-state index >= 15 is 0 Å². The molecule has 1 amide bonds. The van der Waals surface area contributed by atoms with E-state index in [0.717, 1.165) is 9.87 Å². The summed E-state index contributed by atoms with van der Waals surface area (Å²) in [5.41, 5.74) is 2.61. The molecule has 0 saturated heterocycles. The molecule has 6 nitrogen and oxygen atoms in total. The van der Waals surface area contributed by atoms with Gasteiger partial charge in [0.05, 0.1) is 17.1 Å². The van der Waals surface area contributed by atoms with Crippen molar-refractivity contribution in [1.29, 1.82) is 0 Å². The van der Waals surface area contributed by atoms with E-state index in [9.17, 15) is 13.2 Å². The second kappa shape index (κ2) is 9.73. The van der Waals surface area contributed by atoms with E-state index < -0.39 is 15.9 Å². The summed E-state index contributed by atoms with van der Waals surface area (Å²) in [6.45, 7) is 5.04. The summed E-state index contributed by atoms with van der Waals surface area (Å²) >= 11 is 6.10. The first kappa shape index (κ1) is 23.8. The molecular formula is C24H25ClN2O4S. The number of nitrogens with zero attached hydrogens (tertiary/aromatic N) is 1. The first-order chi connectivity index (χ1) is 15.1. The van der Waals surface area contributed by atoms with Crippen molar-refractivity contribution >= 4 is 33.2 Å². The Labute approximate surface area is 193 Å². The van der Waals surface area contributed by atoms with Gasteiger partial charge in [0.25, 0.3) is 0 Å². The number of para-hydroxylation sites is 1. The molecule has 0 bridgehead atoms. The van der Waals surface area contributed by atoms with Crippen LogP contribution < -0.4 is 10.1 Å². The molecule has 0 aliphatic carbocycles. The van der Waals surface area contributed by atoms with Crippen molar-refractivity contribution in [3.8, 4) is 11.5 Å². The molecule has 3 aromatic carbocycles. The van der Waals surface area contributed by atoms with Gasteiger partial charge < -0.3 is 10.1 Å². The van der Waals surface area contributed by atoms with Gasteiger partial charge in [-0.05, 0) is 62.2 Å². The molecule has 168 valence electrons. The molecule has 3 rings (SSSR count). The number of aryl methyl sites for hydroxylation is 3. The van der Waals surface area contributed by atoms with E-state index in [-0.39, 0.29) is 11.4 Å². The first-order valence-corrected chi connectivity index (χ1v) is 11.8. The SMILES string of the molecule is Cc1cc(C)c(S(=O)(=O)N(C)CC(=O)Nc2cc(Cl)ccc2Oc2ccccc2)c(C)c1. The number of amides is 1. The van der Waals surface area contributed by atoms with Gasteiger partial charge in [-0.3, -0.25) is 4.79 Å². The topological polar surface area (TPSA) is 75.7 Å². The fourth-order valence-electron chi connectivity index (χ4n) is 3.51. The van der Waals surface area contributed by atoms with Crippen LogP contribution in [0, 0.1) is 20.8 Å². The van der Waals surface area contributed by atoms with Crippen molar-refractivity contribution in [3.63, 3.8) is 0 Å². The van der Waals surface area contributed by atoms with Crippen molar-refractivity contribution in [1.82, 2.24) is 4.31 Å². The van der Waals surface area contributed by atoms with E-state index in [1.54, 1.807) is 44.2 Å². The third-order valence-corrected chi connectivity index (χ3v) is 7.17. The highest BCUT2D eigenvalue weighted by molar-refractivity contribution is 7.89. The summed E-state index contributed by atoms with van der Waals surface area (Å²) in [5, 5.41) is 3.12. The fourth-order valence-corrected chi connectivity index (χ4v) is 5.21. The molecule has 0 saturated carbocycles. The van der Waals surface area contributed by atoms with Crippen LogP contribution in [0.2, 0.25) is 5.02 Å². The number of carbonyl (C=O) groups is 1. The van der Waals surface area contributed by atoms with Crippen LogP contribution in [-0.2, 0) is 14.8 Å². The van der Waals surface area contributed by atoms with Crippen LogP contribution in [0.25, 0.3) is 0 Å². The smallest absolute Gasteiger partial charge is 0.243 e. The van der Waals surface area contributed by atoms with Crippen molar-refractivity contribution < 1.29 is 17.9 Å². The zero-order valence-electron chi connectivity index (χ0n) is 18.3. The summed E-state index contributed by atoms with van der Waals surface area (Å²) < 4.78 is 33.2. The fraction of sp³-hybridized carbons (Fsp3) is 0.208. The number of hydrogen-bond acceptors (Lipinski definition) is 4. The maximum absolute atomic E-state index is 13.1. The Morgan fingerprint density at radius 2 is 1.62 bits per heavy atom. The Morgan fingerprint density at radius 3 is 2.25 bits per heavy atom. The molecule has 0 aliphatic heterocycles. The number of nitrogens with one attached hydrogen (secondary N) is 1. The molecule has 32 heavy (non-hydrogen) atoms. The highest BCUT2D eigenvalue weighted by atomic mass is 35.5. The van der Waals surface area contributed by atoms with Gasteiger partial charge in [-0.2, -0.15) is 4.31 Å². The molecule has 8 heteroatoms. The number of likely N-dealkylation sites (N-methyl/N-ethyl adjacent to an activating group) is 1. The van der Waals surface area contributed by atoms with Crippen LogP contribution in [0.4, 0.5) is 5.69 Å². The second-order valence-electron chi connectivity index (χ2n) is 7.59. The van der Waals surface area contributed by atoms with Gasteiger partial charge in [0.1, 0.15) is 5.75 Å². The van der Waals surface area contributed by atoms with Crippen LogP contribution in [0.3, 0.4) is 0 Å². The van der Waals surface area contributed by atoms with Gasteiger partial charge in [0.15, 0.2) is 5.75 Å². The lowest BCUT2D eigenvalue weighted by Crippen LogP contribution is -2.35. The summed E-state index contributed by atoms with van der Waals surface area (Å²) in [7, 11) is -2.47. The van der Waals surface area contributed by atoms with Gasteiger partial charge in [-0.1, -0.05) is 47.5 Å². The van der Waals surface area contributed by atoms with Crippen molar-refractivity contribution in [2.45, 2.75) is 25.7 Å². The predicted molar refractivity (Wildman–Crippen MR) is 127 cm³/mol. The van der Waals surface area contributed by atoms with Gasteiger partial charge in [0.2, 0.25) is 15.9 Å². The lowest BCUT2D eigenvalue weighted by molar-refractivity contribution is -0.116. The molecule has 0 heterocycles. The number of carbonyl (C=O) groups excluding carboxylic acids is 1. The number of sulfonamides is 1. The number of anilines is 1. The van der Waals surface area contributed by atoms with Crippen molar-refractivity contribution in [2.24, 2.45) is 0 Å². The molecule has 0 atom stereocenters. The number of hydrogen-bond donors (Lipinski definition) is 1. The first-order valence-electron chi connectivity index (χ1n) is 9.94. The zero-order chi connectivity index (χ0) is 23.5. The van der Waals surface area contributed by atoms with Crippen LogP contribution in [0.15, 0.2) is 65.6 Å². The van der Waals surface area contributed by atoms with Gasteiger partial charge in [-0.15, -0.1) is 0 Å². The summed E-state index contributed by atoms with van der Waals surface area (Å²) in [4.78, 5) is 12.9. The lowest BCUT2D eigenvalue weighted by Gasteiger charge is -2.20. The zero-order valence-corrected chi connectivity index (χ0v) is 19.9. The quantitative estimate of drug-likeness (QED) is 0.505. The van der Waals surface area contributed by atoms with Gasteiger partial charge in [-0.25, -0.2) is 8.42 Å². The van der Waals surface area contributed by atoms with Gasteiger partial charge >= 0.3 is 0 Å². The van der Waals surface area contributed by atoms with Crippen LogP contribution >= 0.6 is 11.6 Å². The minimum atomic E-state index is -3.86. The van der Waals surface area contributed by atoms with E-state index in [1.165, 1.54) is 7.05 Å². The molecular weight excluding hydrogens is 448 g/mol. The monoisotopic (exact) mass is 472 g/mol. The molecule has 3 aromatic rings. The maximum atomic E-state index is 13.1. The molecule has 0 fully saturated rings. The Kier molecular flexibility index (Phi) is 7.23. The third kappa shape index (κ3) is 5.48. The molecule has 0 spiro atoms. The number of halogens is 1. The molecule has 0 radical (unpaired) electrons. The molecule has 0 aromatic heterocycles. The standard InChI is InChI=1S/C24H25ClN2O4S/c1-16-12-17(2)24(18(3)13-16)32(29,30)27(4)15-23(28)26-21-14-19(25)10-11-22(21)31-20-8-6-5-7-9-20/h5-14H,15H2,1-4H3,(H,26,28). The Hall–Kier alpha value is -2.87. The summed E-state index contributed by atoms with van der Waals surface area (Å²) in [6.07, 6.45) is 0. The summed E-state index contributed by atoms with van der Waals surface area (Å²) in [6, 6.07) is 17.6. The van der Waals surface area contributed by atoms with Crippen LogP contribution in [0.5, 0.6) is 11.5 Å². The highest BCUT2D eigenvalue weighted by Crippen LogP contribution is 2.32. The minimum Gasteiger partial charge on any atom is -0.455 e. The van der Waals surface area contributed by atoms with Crippen LogP contribution in [0.1, 0.15) is 16.7 Å². The minimum absolute atomic E-state index is 0.217. The average molecular weight is 473 g/mol.